The quantitative estimate of drug-likeness (QED) is 0.712. The van der Waals surface area contributed by atoms with Crippen molar-refractivity contribution in [1.82, 2.24) is 9.80 Å². The van der Waals surface area contributed by atoms with Crippen molar-refractivity contribution in [2.75, 3.05) is 59.0 Å². The first-order valence-electron chi connectivity index (χ1n) is 6.66. The van der Waals surface area contributed by atoms with Crippen LogP contribution in [0.15, 0.2) is 0 Å². The highest BCUT2D eigenvalue weighted by atomic mass is 16.5. The average molecular weight is 243 g/mol. The highest BCUT2D eigenvalue weighted by Crippen LogP contribution is 2.10. The summed E-state index contributed by atoms with van der Waals surface area (Å²) in [6, 6.07) is 0. The van der Waals surface area contributed by atoms with E-state index >= 15 is 0 Å². The van der Waals surface area contributed by atoms with E-state index in [1.54, 1.807) is 0 Å². The Morgan fingerprint density at radius 1 is 1.12 bits per heavy atom. The molecule has 5 heteroatoms. The van der Waals surface area contributed by atoms with Crippen molar-refractivity contribution in [3.05, 3.63) is 0 Å². The summed E-state index contributed by atoms with van der Waals surface area (Å²) in [4.78, 5) is 4.95. The van der Waals surface area contributed by atoms with Gasteiger partial charge in [-0.15, -0.1) is 0 Å². The second kappa shape index (κ2) is 6.66. The lowest BCUT2D eigenvalue weighted by Crippen LogP contribution is -2.51. The van der Waals surface area contributed by atoms with Gasteiger partial charge >= 0.3 is 0 Å². The molecule has 2 unspecified atom stereocenters. The normalized spacial score (nSPS) is 32.8. The molecule has 0 spiro atoms. The summed E-state index contributed by atoms with van der Waals surface area (Å²) in [5.41, 5.74) is 5.69. The van der Waals surface area contributed by atoms with Gasteiger partial charge in [-0.1, -0.05) is 0 Å². The summed E-state index contributed by atoms with van der Waals surface area (Å²) in [5.74, 6) is 0. The van der Waals surface area contributed by atoms with E-state index in [0.29, 0.717) is 12.6 Å². The number of ether oxygens (including phenoxy) is 2. The number of hydrogen-bond donors (Lipinski definition) is 1. The first kappa shape index (κ1) is 13.2. The van der Waals surface area contributed by atoms with E-state index in [-0.39, 0.29) is 6.10 Å². The van der Waals surface area contributed by atoms with Gasteiger partial charge in [0.2, 0.25) is 0 Å². The summed E-state index contributed by atoms with van der Waals surface area (Å²) >= 11 is 0. The topological polar surface area (TPSA) is 51.0 Å². The third-order valence-electron chi connectivity index (χ3n) is 3.50. The Morgan fingerprint density at radius 3 is 2.53 bits per heavy atom. The number of morpholine rings is 2. The van der Waals surface area contributed by atoms with Gasteiger partial charge in [0.25, 0.3) is 0 Å². The lowest BCUT2D eigenvalue weighted by molar-refractivity contribution is -0.0748. The molecule has 2 rings (SSSR count). The molecule has 0 aliphatic carbocycles. The minimum absolute atomic E-state index is 0.212. The molecule has 17 heavy (non-hydrogen) atoms. The van der Waals surface area contributed by atoms with Crippen LogP contribution in [0.4, 0.5) is 0 Å². The molecule has 2 fully saturated rings. The minimum atomic E-state index is 0.212. The Hall–Kier alpha value is -0.200. The molecule has 2 aliphatic rings. The molecular weight excluding hydrogens is 218 g/mol. The summed E-state index contributed by atoms with van der Waals surface area (Å²) in [6.07, 6.45) is 0.519. The number of rotatable bonds is 4. The third kappa shape index (κ3) is 4.19. The van der Waals surface area contributed by atoms with Crippen molar-refractivity contribution < 1.29 is 9.47 Å². The lowest BCUT2D eigenvalue weighted by atomic mass is 10.2. The van der Waals surface area contributed by atoms with E-state index in [9.17, 15) is 0 Å². The molecule has 5 nitrogen and oxygen atoms in total. The molecular formula is C12H25N3O2. The molecule has 0 aromatic carbocycles. The molecule has 2 N–H and O–H groups in total. The van der Waals surface area contributed by atoms with Crippen LogP contribution in [0.1, 0.15) is 6.92 Å². The number of nitrogens with two attached hydrogens (primary N) is 1. The van der Waals surface area contributed by atoms with Gasteiger partial charge in [0.05, 0.1) is 25.4 Å². The van der Waals surface area contributed by atoms with E-state index in [1.807, 2.05) is 0 Å². The van der Waals surface area contributed by atoms with Crippen molar-refractivity contribution >= 4 is 0 Å². The first-order chi connectivity index (χ1) is 8.28. The van der Waals surface area contributed by atoms with Crippen molar-refractivity contribution in [3.8, 4) is 0 Å². The zero-order valence-electron chi connectivity index (χ0n) is 10.8. The van der Waals surface area contributed by atoms with Crippen LogP contribution < -0.4 is 5.73 Å². The summed E-state index contributed by atoms with van der Waals surface area (Å²) in [5, 5.41) is 0. The first-order valence-corrected chi connectivity index (χ1v) is 6.66. The van der Waals surface area contributed by atoms with Crippen LogP contribution in [0.3, 0.4) is 0 Å². The maximum atomic E-state index is 5.76. The maximum absolute atomic E-state index is 5.76. The smallest absolute Gasteiger partial charge is 0.0828 e. The van der Waals surface area contributed by atoms with Gasteiger partial charge in [-0.05, 0) is 6.92 Å². The lowest BCUT2D eigenvalue weighted by Gasteiger charge is -2.37. The summed E-state index contributed by atoms with van der Waals surface area (Å²) in [7, 11) is 0. The molecule has 2 atom stereocenters. The molecule has 2 heterocycles. The van der Waals surface area contributed by atoms with Gasteiger partial charge in [0.15, 0.2) is 0 Å². The zero-order valence-corrected chi connectivity index (χ0v) is 10.8. The molecule has 0 bridgehead atoms. The monoisotopic (exact) mass is 243 g/mol. The van der Waals surface area contributed by atoms with Gasteiger partial charge in [0.1, 0.15) is 0 Å². The number of hydrogen-bond acceptors (Lipinski definition) is 5. The number of nitrogens with zero attached hydrogens (tertiary/aromatic N) is 2. The zero-order chi connectivity index (χ0) is 12.1. The van der Waals surface area contributed by atoms with E-state index in [2.05, 4.69) is 16.7 Å². The highest BCUT2D eigenvalue weighted by molar-refractivity contribution is 4.77. The van der Waals surface area contributed by atoms with Gasteiger partial charge < -0.3 is 15.2 Å². The maximum Gasteiger partial charge on any atom is 0.0828 e. The second-order valence-corrected chi connectivity index (χ2v) is 5.02. The molecule has 0 aromatic rings. The molecule has 0 aromatic heterocycles. The summed E-state index contributed by atoms with van der Waals surface area (Å²) < 4.78 is 11.1. The summed E-state index contributed by atoms with van der Waals surface area (Å²) in [6.45, 7) is 10.9. The molecule has 0 amide bonds. The van der Waals surface area contributed by atoms with Crippen molar-refractivity contribution in [1.29, 1.82) is 0 Å². The minimum Gasteiger partial charge on any atom is -0.379 e. The van der Waals surface area contributed by atoms with E-state index in [1.165, 1.54) is 0 Å². The van der Waals surface area contributed by atoms with Crippen LogP contribution in [-0.4, -0.2) is 81.0 Å². The molecule has 0 radical (unpaired) electrons. The fourth-order valence-electron chi connectivity index (χ4n) is 2.56. The Kier molecular flexibility index (Phi) is 5.18. The van der Waals surface area contributed by atoms with Gasteiger partial charge in [-0.25, -0.2) is 0 Å². The Balaban J connectivity index is 1.70. The third-order valence-corrected chi connectivity index (χ3v) is 3.50. The Morgan fingerprint density at radius 2 is 1.82 bits per heavy atom. The predicted molar refractivity (Wildman–Crippen MR) is 67.1 cm³/mol. The standard InChI is InChI=1S/C12H25N3O2/c1-11-9-15(10-12(8-13)17-11)3-2-14-4-6-16-7-5-14/h11-12H,2-10,13H2,1H3. The predicted octanol–water partition coefficient (Wildman–Crippen LogP) is -0.633. The van der Waals surface area contributed by atoms with Crippen LogP contribution >= 0.6 is 0 Å². The van der Waals surface area contributed by atoms with Gasteiger partial charge in [0, 0.05) is 45.8 Å². The Bertz CT molecular complexity index is 222. The van der Waals surface area contributed by atoms with Crippen molar-refractivity contribution in [2.24, 2.45) is 5.73 Å². The van der Waals surface area contributed by atoms with E-state index in [0.717, 1.165) is 52.5 Å². The molecule has 2 saturated heterocycles. The van der Waals surface area contributed by atoms with Crippen LogP contribution in [0.5, 0.6) is 0 Å². The largest absolute Gasteiger partial charge is 0.379 e. The average Bonchev–Trinajstić information content (AvgIpc) is 2.37. The molecule has 0 saturated carbocycles. The van der Waals surface area contributed by atoms with Crippen LogP contribution in [0, 0.1) is 0 Å². The second-order valence-electron chi connectivity index (χ2n) is 5.02. The van der Waals surface area contributed by atoms with Gasteiger partial charge in [-0.2, -0.15) is 0 Å². The fraction of sp³-hybridized carbons (Fsp3) is 1.00. The van der Waals surface area contributed by atoms with E-state index < -0.39 is 0 Å². The molecule has 100 valence electrons. The highest BCUT2D eigenvalue weighted by Gasteiger charge is 2.24. The Labute approximate surface area is 104 Å². The van der Waals surface area contributed by atoms with E-state index in [4.69, 9.17) is 15.2 Å². The van der Waals surface area contributed by atoms with Crippen molar-refractivity contribution in [2.45, 2.75) is 19.1 Å². The SMILES string of the molecule is CC1CN(CCN2CCOCC2)CC(CN)O1. The molecule has 2 aliphatic heterocycles. The van der Waals surface area contributed by atoms with Crippen LogP contribution in [0.2, 0.25) is 0 Å². The van der Waals surface area contributed by atoms with Gasteiger partial charge in [-0.3, -0.25) is 9.80 Å². The van der Waals surface area contributed by atoms with Crippen LogP contribution in [-0.2, 0) is 9.47 Å². The fourth-order valence-corrected chi connectivity index (χ4v) is 2.56. The van der Waals surface area contributed by atoms with Crippen LogP contribution in [0.25, 0.3) is 0 Å². The van der Waals surface area contributed by atoms with Crippen molar-refractivity contribution in [3.63, 3.8) is 0 Å².